The van der Waals surface area contributed by atoms with Crippen LogP contribution < -0.4 is 24.8 Å². The van der Waals surface area contributed by atoms with Crippen molar-refractivity contribution in [3.8, 4) is 0 Å². The second-order valence-corrected chi connectivity index (χ2v) is 6.55. The minimum atomic E-state index is 0. The van der Waals surface area contributed by atoms with Crippen LogP contribution >= 0.6 is 0 Å². The van der Waals surface area contributed by atoms with Crippen LogP contribution in [0.4, 0.5) is 0 Å². The Hall–Kier alpha value is 0.627. The molecule has 0 aromatic heterocycles. The number of allylic oxidation sites excluding steroid dienone is 8. The Morgan fingerprint density at radius 2 is 1.00 bits per heavy atom. The van der Waals surface area contributed by atoms with Gasteiger partial charge < -0.3 is 24.8 Å². The Morgan fingerprint density at radius 3 is 1.05 bits per heavy atom. The van der Waals surface area contributed by atoms with E-state index in [9.17, 15) is 0 Å². The minimum Gasteiger partial charge on any atom is -1.00 e. The van der Waals surface area contributed by atoms with Crippen LogP contribution in [0.15, 0.2) is 34.4 Å². The average molecular weight is 523 g/mol. The standard InChI is InChI=1S/2C8H11.C2H7Si.2ClH.Hf/c2*1-6-4-7(2)8(3)5-6;1-3-2;;;/h2*4,6H,1-3H3;3H,1-2H3;2*1H;/q2*-1;;;;+4/p-2. The van der Waals surface area contributed by atoms with Gasteiger partial charge >= 0.3 is 25.8 Å². The van der Waals surface area contributed by atoms with E-state index in [-0.39, 0.29) is 50.7 Å². The van der Waals surface area contributed by atoms with Crippen LogP contribution in [-0.4, -0.2) is 9.52 Å². The monoisotopic (exact) mass is 523 g/mol. The summed E-state index contributed by atoms with van der Waals surface area (Å²) >= 11 is 0. The van der Waals surface area contributed by atoms with Crippen molar-refractivity contribution >= 4 is 9.52 Å². The van der Waals surface area contributed by atoms with Crippen molar-refractivity contribution in [3.63, 3.8) is 0 Å². The molecule has 0 aliphatic heterocycles. The van der Waals surface area contributed by atoms with E-state index in [0.29, 0.717) is 11.8 Å². The van der Waals surface area contributed by atoms with Gasteiger partial charge in [-0.2, -0.15) is 12.2 Å². The molecular formula is C18H29Cl2HfSi. The van der Waals surface area contributed by atoms with Gasteiger partial charge in [-0.05, 0) is 0 Å². The zero-order valence-corrected chi connectivity index (χ0v) is 21.4. The first-order valence-corrected chi connectivity index (χ1v) is 9.44. The first-order chi connectivity index (χ1) is 8.81. The molecule has 0 nitrogen and oxygen atoms in total. The van der Waals surface area contributed by atoms with Crippen molar-refractivity contribution in [2.24, 2.45) is 11.8 Å². The number of hydrogen-bond acceptors (Lipinski definition) is 0. The predicted molar refractivity (Wildman–Crippen MR) is 89.6 cm³/mol. The van der Waals surface area contributed by atoms with Gasteiger partial charge in [0.15, 0.2) is 0 Å². The molecule has 0 fully saturated rings. The Kier molecular flexibility index (Phi) is 22.9. The predicted octanol–water partition coefficient (Wildman–Crippen LogP) is -0.812. The second kappa shape index (κ2) is 16.5. The Balaban J connectivity index is -0.000000112. The van der Waals surface area contributed by atoms with Crippen LogP contribution in [0, 0.1) is 24.0 Å². The van der Waals surface area contributed by atoms with E-state index in [0.717, 1.165) is 9.52 Å². The summed E-state index contributed by atoms with van der Waals surface area (Å²) < 4.78 is 0. The fourth-order valence-electron chi connectivity index (χ4n) is 1.99. The van der Waals surface area contributed by atoms with Gasteiger partial charge in [0, 0.05) is 9.52 Å². The summed E-state index contributed by atoms with van der Waals surface area (Å²) in [5.41, 5.74) is 5.41. The molecule has 2 atom stereocenters. The fraction of sp³-hybridized carbons (Fsp3) is 0.556. The molecule has 2 rings (SSSR count). The van der Waals surface area contributed by atoms with E-state index in [1.807, 2.05) is 0 Å². The molecule has 2 aliphatic rings. The molecule has 1 radical (unpaired) electrons. The molecule has 123 valence electrons. The second-order valence-electron chi connectivity index (χ2n) is 5.39. The number of halogens is 2. The summed E-state index contributed by atoms with van der Waals surface area (Å²) in [5, 5.41) is 0. The largest absolute Gasteiger partial charge is 4.00 e. The molecular weight excluding hydrogens is 494 g/mol. The SMILES string of the molecule is CC1=[C-]C(C)C=C1C.CC1=[C-]C(C)C=C1C.C[SiH]C.[Cl-].[Cl-].[Hf+4]. The molecule has 0 bridgehead atoms. The molecule has 0 aromatic rings. The van der Waals surface area contributed by atoms with Gasteiger partial charge in [-0.3, -0.25) is 12.2 Å². The molecule has 4 heteroatoms. The third kappa shape index (κ3) is 13.1. The van der Waals surface area contributed by atoms with Crippen LogP contribution in [0.5, 0.6) is 0 Å². The maximum Gasteiger partial charge on any atom is 4.00 e. The number of hydrogen-bond donors (Lipinski definition) is 0. The van der Waals surface area contributed by atoms with E-state index < -0.39 is 0 Å². The van der Waals surface area contributed by atoms with Gasteiger partial charge in [0.1, 0.15) is 0 Å². The zero-order chi connectivity index (χ0) is 15.0. The molecule has 0 N–H and O–H groups in total. The van der Waals surface area contributed by atoms with Gasteiger partial charge in [0.2, 0.25) is 0 Å². The zero-order valence-electron chi connectivity index (χ0n) is 15.1. The Morgan fingerprint density at radius 1 is 0.773 bits per heavy atom. The van der Waals surface area contributed by atoms with Gasteiger partial charge in [-0.1, -0.05) is 52.6 Å². The van der Waals surface area contributed by atoms with Crippen LogP contribution in [-0.2, 0) is 25.8 Å². The molecule has 22 heavy (non-hydrogen) atoms. The molecule has 2 aliphatic carbocycles. The summed E-state index contributed by atoms with van der Waals surface area (Å²) in [5.74, 6) is 1.10. The molecule has 0 heterocycles. The molecule has 0 aromatic carbocycles. The van der Waals surface area contributed by atoms with Crippen molar-refractivity contribution in [2.75, 3.05) is 0 Å². The van der Waals surface area contributed by atoms with Crippen LogP contribution in [0.3, 0.4) is 0 Å². The summed E-state index contributed by atoms with van der Waals surface area (Å²) in [6.45, 7) is 17.2. The van der Waals surface area contributed by atoms with Crippen molar-refractivity contribution in [3.05, 3.63) is 46.6 Å². The third-order valence-electron chi connectivity index (χ3n) is 3.07. The average Bonchev–Trinajstić information content (AvgIpc) is 2.72. The molecule has 0 spiro atoms. The van der Waals surface area contributed by atoms with Crippen molar-refractivity contribution < 1.29 is 50.7 Å². The Labute approximate surface area is 172 Å². The van der Waals surface area contributed by atoms with Gasteiger partial charge in [-0.15, -0.1) is 13.8 Å². The van der Waals surface area contributed by atoms with Crippen LogP contribution in [0.1, 0.15) is 41.5 Å². The van der Waals surface area contributed by atoms with Gasteiger partial charge in [0.05, 0.1) is 0 Å². The van der Waals surface area contributed by atoms with Gasteiger partial charge in [0.25, 0.3) is 0 Å². The van der Waals surface area contributed by atoms with Crippen LogP contribution in [0.2, 0.25) is 13.1 Å². The van der Waals surface area contributed by atoms with Crippen molar-refractivity contribution in [1.82, 2.24) is 0 Å². The van der Waals surface area contributed by atoms with E-state index >= 15 is 0 Å². The van der Waals surface area contributed by atoms with Crippen molar-refractivity contribution in [2.45, 2.75) is 54.6 Å². The molecule has 0 saturated heterocycles. The van der Waals surface area contributed by atoms with E-state index in [1.54, 1.807) is 0 Å². The summed E-state index contributed by atoms with van der Waals surface area (Å²) in [4.78, 5) is 0. The maximum absolute atomic E-state index is 3.29. The quantitative estimate of drug-likeness (QED) is 0.288. The summed E-state index contributed by atoms with van der Waals surface area (Å²) in [6, 6.07) is 0. The fourth-order valence-corrected chi connectivity index (χ4v) is 1.99. The summed E-state index contributed by atoms with van der Waals surface area (Å²) in [6.07, 6.45) is 11.0. The summed E-state index contributed by atoms with van der Waals surface area (Å²) in [7, 11) is 0.750. The first-order valence-electron chi connectivity index (χ1n) is 7.13. The third-order valence-corrected chi connectivity index (χ3v) is 3.07. The van der Waals surface area contributed by atoms with Crippen molar-refractivity contribution in [1.29, 1.82) is 0 Å². The minimum absolute atomic E-state index is 0. The molecule has 0 amide bonds. The molecule has 2 unspecified atom stereocenters. The topological polar surface area (TPSA) is 0 Å². The van der Waals surface area contributed by atoms with Crippen LogP contribution in [0.25, 0.3) is 0 Å². The first kappa shape index (κ1) is 30.5. The Bertz CT molecular complexity index is 335. The normalized spacial score (nSPS) is 20.9. The van der Waals surface area contributed by atoms with E-state index in [1.165, 1.54) is 22.3 Å². The molecule has 0 saturated carbocycles. The smallest absolute Gasteiger partial charge is 1.00 e. The number of rotatable bonds is 0. The van der Waals surface area contributed by atoms with E-state index in [4.69, 9.17) is 0 Å². The maximum atomic E-state index is 3.29. The van der Waals surface area contributed by atoms with E-state index in [2.05, 4.69) is 78.9 Å². The van der Waals surface area contributed by atoms with Gasteiger partial charge in [-0.25, -0.2) is 22.3 Å².